The SMILES string of the molecule is C=CC(O)Cc1nsc(C2=CCCSC23C(=O)Nc2ccccc23)n1. The Morgan fingerprint density at radius 1 is 1.44 bits per heavy atom. The van der Waals surface area contributed by atoms with E-state index in [1.54, 1.807) is 11.8 Å². The number of aliphatic hydroxyl groups excluding tert-OH is 1. The molecule has 7 heteroatoms. The second-order valence-corrected chi connectivity index (χ2v) is 8.02. The highest BCUT2D eigenvalue weighted by Gasteiger charge is 2.52. The maximum absolute atomic E-state index is 13.0. The lowest BCUT2D eigenvalue weighted by Crippen LogP contribution is -2.34. The zero-order valence-corrected chi connectivity index (χ0v) is 15.1. The Hall–Kier alpha value is -1.96. The van der Waals surface area contributed by atoms with Gasteiger partial charge in [-0.1, -0.05) is 30.4 Å². The Morgan fingerprint density at radius 2 is 2.28 bits per heavy atom. The molecule has 0 bridgehead atoms. The fourth-order valence-corrected chi connectivity index (χ4v) is 5.48. The number of fused-ring (bicyclic) bond motifs is 2. The van der Waals surface area contributed by atoms with Crippen LogP contribution < -0.4 is 5.32 Å². The first kappa shape index (κ1) is 16.5. The number of hydrogen-bond donors (Lipinski definition) is 2. The molecular formula is C18H17N3O2S2. The van der Waals surface area contributed by atoms with Gasteiger partial charge < -0.3 is 10.4 Å². The number of aromatic nitrogens is 2. The van der Waals surface area contributed by atoms with E-state index in [0.717, 1.165) is 34.0 Å². The monoisotopic (exact) mass is 371 g/mol. The molecule has 2 atom stereocenters. The van der Waals surface area contributed by atoms with Crippen LogP contribution in [0.25, 0.3) is 5.57 Å². The molecule has 1 spiro atoms. The molecule has 5 nitrogen and oxygen atoms in total. The van der Waals surface area contributed by atoms with Gasteiger partial charge in [0.2, 0.25) is 5.91 Å². The molecule has 0 fully saturated rings. The molecule has 25 heavy (non-hydrogen) atoms. The topological polar surface area (TPSA) is 75.1 Å². The van der Waals surface area contributed by atoms with Crippen molar-refractivity contribution in [2.45, 2.75) is 23.7 Å². The normalized spacial score (nSPS) is 23.1. The second kappa shape index (κ2) is 6.40. The molecular weight excluding hydrogens is 354 g/mol. The molecule has 0 saturated heterocycles. The predicted octanol–water partition coefficient (Wildman–Crippen LogP) is 3.00. The van der Waals surface area contributed by atoms with Gasteiger partial charge in [0.05, 0.1) is 6.10 Å². The van der Waals surface area contributed by atoms with Crippen LogP contribution in [-0.2, 0) is 16.0 Å². The standard InChI is InChI=1S/C18H17N3O2S2/c1-2-11(22)10-15-20-16(25-21-15)13-7-5-9-24-18(13)12-6-3-4-8-14(12)19-17(18)23/h2-4,6-8,11,22H,1,5,9-10H2,(H,19,23). The fourth-order valence-electron chi connectivity index (χ4n) is 3.23. The van der Waals surface area contributed by atoms with Crippen molar-refractivity contribution < 1.29 is 9.90 Å². The number of thioether (sulfide) groups is 1. The lowest BCUT2D eigenvalue weighted by atomic mass is 9.90. The van der Waals surface area contributed by atoms with Crippen molar-refractivity contribution in [2.75, 3.05) is 11.1 Å². The van der Waals surface area contributed by atoms with Gasteiger partial charge in [0, 0.05) is 23.2 Å². The molecule has 3 heterocycles. The molecule has 0 aliphatic carbocycles. The highest BCUT2D eigenvalue weighted by Crippen LogP contribution is 2.56. The van der Waals surface area contributed by atoms with Gasteiger partial charge >= 0.3 is 0 Å². The number of aliphatic hydroxyl groups is 1. The number of para-hydroxylation sites is 1. The van der Waals surface area contributed by atoms with Crippen molar-refractivity contribution in [3.05, 3.63) is 59.4 Å². The lowest BCUT2D eigenvalue weighted by Gasteiger charge is -2.31. The Kier molecular flexibility index (Phi) is 4.23. The third kappa shape index (κ3) is 2.63. The number of hydrogen-bond acceptors (Lipinski definition) is 6. The summed E-state index contributed by atoms with van der Waals surface area (Å²) in [4.78, 5) is 17.5. The van der Waals surface area contributed by atoms with Gasteiger partial charge in [-0.2, -0.15) is 4.37 Å². The van der Waals surface area contributed by atoms with Crippen LogP contribution in [-0.4, -0.2) is 32.2 Å². The van der Waals surface area contributed by atoms with E-state index in [-0.39, 0.29) is 5.91 Å². The summed E-state index contributed by atoms with van der Waals surface area (Å²) < 4.78 is 3.59. The predicted molar refractivity (Wildman–Crippen MR) is 102 cm³/mol. The van der Waals surface area contributed by atoms with Crippen LogP contribution in [0.2, 0.25) is 0 Å². The summed E-state index contributed by atoms with van der Waals surface area (Å²) in [7, 11) is 0. The Morgan fingerprint density at radius 3 is 3.12 bits per heavy atom. The van der Waals surface area contributed by atoms with Gasteiger partial charge in [-0.15, -0.1) is 18.3 Å². The third-order valence-electron chi connectivity index (χ3n) is 4.40. The van der Waals surface area contributed by atoms with E-state index in [4.69, 9.17) is 0 Å². The average molecular weight is 371 g/mol. The van der Waals surface area contributed by atoms with Gasteiger partial charge in [0.1, 0.15) is 15.6 Å². The number of anilines is 1. The zero-order valence-electron chi connectivity index (χ0n) is 13.4. The lowest BCUT2D eigenvalue weighted by molar-refractivity contribution is -0.116. The van der Waals surface area contributed by atoms with Crippen LogP contribution in [0.1, 0.15) is 22.8 Å². The minimum atomic E-state index is -0.761. The first-order valence-corrected chi connectivity index (χ1v) is 9.80. The van der Waals surface area contributed by atoms with Crippen LogP contribution in [0.4, 0.5) is 5.69 Å². The van der Waals surface area contributed by atoms with Crippen LogP contribution in [0.5, 0.6) is 0 Å². The molecule has 128 valence electrons. The van der Waals surface area contributed by atoms with E-state index in [9.17, 15) is 9.90 Å². The molecule has 1 aromatic heterocycles. The molecule has 1 amide bonds. The minimum absolute atomic E-state index is 0.0208. The molecule has 0 saturated carbocycles. The summed E-state index contributed by atoms with van der Waals surface area (Å²) in [6.45, 7) is 3.58. The van der Waals surface area contributed by atoms with Gasteiger partial charge in [-0.3, -0.25) is 4.79 Å². The number of carbonyl (C=O) groups excluding carboxylic acids is 1. The van der Waals surface area contributed by atoms with E-state index < -0.39 is 10.9 Å². The molecule has 4 rings (SSSR count). The van der Waals surface area contributed by atoms with E-state index in [2.05, 4.69) is 27.3 Å². The summed E-state index contributed by atoms with van der Waals surface area (Å²) in [6, 6.07) is 7.82. The van der Waals surface area contributed by atoms with Crippen molar-refractivity contribution in [1.29, 1.82) is 0 Å². The van der Waals surface area contributed by atoms with Gasteiger partial charge in [0.15, 0.2) is 0 Å². The number of nitrogens with zero attached hydrogens (tertiary/aromatic N) is 2. The smallest absolute Gasteiger partial charge is 0.249 e. The molecule has 2 unspecified atom stereocenters. The number of amides is 1. The highest BCUT2D eigenvalue weighted by atomic mass is 32.2. The number of benzene rings is 1. The van der Waals surface area contributed by atoms with E-state index in [1.807, 2.05) is 24.3 Å². The van der Waals surface area contributed by atoms with E-state index >= 15 is 0 Å². The molecule has 2 aliphatic rings. The van der Waals surface area contributed by atoms with Crippen LogP contribution in [0.3, 0.4) is 0 Å². The van der Waals surface area contributed by atoms with Crippen molar-refractivity contribution in [1.82, 2.24) is 9.36 Å². The molecule has 2 aromatic rings. The largest absolute Gasteiger partial charge is 0.389 e. The zero-order chi connectivity index (χ0) is 17.4. The molecule has 0 radical (unpaired) electrons. The molecule has 2 aliphatic heterocycles. The average Bonchev–Trinajstić information content (AvgIpc) is 3.19. The summed E-state index contributed by atoms with van der Waals surface area (Å²) in [5, 5.41) is 13.5. The van der Waals surface area contributed by atoms with Gasteiger partial charge in [-0.25, -0.2) is 4.98 Å². The summed E-state index contributed by atoms with van der Waals surface area (Å²) in [5.74, 6) is 1.43. The maximum Gasteiger partial charge on any atom is 0.249 e. The Bertz CT molecular complexity index is 877. The summed E-state index contributed by atoms with van der Waals surface area (Å²) >= 11 is 2.93. The number of allylic oxidation sites excluding steroid dienone is 1. The quantitative estimate of drug-likeness (QED) is 0.808. The molecule has 2 N–H and O–H groups in total. The first-order valence-electron chi connectivity index (χ1n) is 8.04. The van der Waals surface area contributed by atoms with Crippen molar-refractivity contribution in [3.8, 4) is 0 Å². The van der Waals surface area contributed by atoms with E-state index in [1.165, 1.54) is 17.6 Å². The van der Waals surface area contributed by atoms with E-state index in [0.29, 0.717) is 12.2 Å². The van der Waals surface area contributed by atoms with Crippen molar-refractivity contribution in [3.63, 3.8) is 0 Å². The summed E-state index contributed by atoms with van der Waals surface area (Å²) in [6.07, 6.45) is 4.13. The minimum Gasteiger partial charge on any atom is -0.389 e. The molecule has 1 aromatic carbocycles. The Balaban J connectivity index is 1.77. The van der Waals surface area contributed by atoms with Gasteiger partial charge in [0.25, 0.3) is 0 Å². The number of rotatable bonds is 4. The van der Waals surface area contributed by atoms with Crippen LogP contribution in [0, 0.1) is 0 Å². The van der Waals surface area contributed by atoms with Crippen molar-refractivity contribution >= 4 is 40.5 Å². The second-order valence-electron chi connectivity index (χ2n) is 5.96. The Labute approximate surface area is 154 Å². The number of carbonyl (C=O) groups is 1. The summed E-state index contributed by atoms with van der Waals surface area (Å²) in [5.41, 5.74) is 2.75. The highest BCUT2D eigenvalue weighted by molar-refractivity contribution is 8.01. The van der Waals surface area contributed by atoms with Crippen LogP contribution in [0.15, 0.2) is 43.0 Å². The maximum atomic E-state index is 13.0. The third-order valence-corrected chi connectivity index (χ3v) is 6.69. The van der Waals surface area contributed by atoms with Crippen molar-refractivity contribution in [2.24, 2.45) is 0 Å². The first-order chi connectivity index (χ1) is 12.1. The fraction of sp³-hybridized carbons (Fsp3) is 0.278. The van der Waals surface area contributed by atoms with Gasteiger partial charge in [-0.05, 0) is 29.8 Å². The number of nitrogens with one attached hydrogen (secondary N) is 1. The van der Waals surface area contributed by atoms with Crippen LogP contribution >= 0.6 is 23.3 Å².